The first-order chi connectivity index (χ1) is 14.6. The number of hydrogen-bond acceptors (Lipinski definition) is 8. The maximum atomic E-state index is 11.6. The van der Waals surface area contributed by atoms with Crippen LogP contribution < -0.4 is 19.9 Å². The van der Waals surface area contributed by atoms with Crippen LogP contribution in [0, 0.1) is 0 Å². The smallest absolute Gasteiger partial charge is 0.411 e. The number of carbonyl (C=O) groups is 1. The third kappa shape index (κ3) is 3.53. The molecule has 0 aliphatic rings. The average Bonchev–Trinajstić information content (AvgIpc) is 3.46. The van der Waals surface area contributed by atoms with Crippen molar-refractivity contribution in [3.8, 4) is 45.9 Å². The van der Waals surface area contributed by atoms with Crippen molar-refractivity contribution < 1.29 is 23.4 Å². The van der Waals surface area contributed by atoms with Gasteiger partial charge in [0.05, 0.1) is 26.0 Å². The van der Waals surface area contributed by atoms with Crippen molar-refractivity contribution in [3.05, 3.63) is 55.1 Å². The largest absolute Gasteiger partial charge is 0.493 e. The van der Waals surface area contributed by atoms with Crippen molar-refractivity contribution in [1.82, 2.24) is 19.7 Å². The van der Waals surface area contributed by atoms with Crippen molar-refractivity contribution in [2.45, 2.75) is 0 Å². The van der Waals surface area contributed by atoms with E-state index < -0.39 is 6.09 Å². The van der Waals surface area contributed by atoms with Crippen LogP contribution in [0.3, 0.4) is 0 Å². The number of primary amides is 1. The van der Waals surface area contributed by atoms with E-state index in [1.54, 1.807) is 48.8 Å². The molecule has 152 valence electrons. The fourth-order valence-electron chi connectivity index (χ4n) is 2.92. The summed E-state index contributed by atoms with van der Waals surface area (Å²) in [5.41, 5.74) is 6.28. The lowest BCUT2D eigenvalue weighted by molar-refractivity contribution is 0.209. The Bertz CT molecular complexity index is 1170. The summed E-state index contributed by atoms with van der Waals surface area (Å²) in [7, 11) is 3.06. The van der Waals surface area contributed by atoms with Crippen molar-refractivity contribution in [2.75, 3.05) is 14.2 Å². The molecule has 3 aromatic heterocycles. The van der Waals surface area contributed by atoms with Crippen LogP contribution in [0.15, 0.2) is 59.5 Å². The van der Waals surface area contributed by atoms with Gasteiger partial charge in [-0.25, -0.2) is 14.5 Å². The third-order valence-electron chi connectivity index (χ3n) is 4.19. The maximum Gasteiger partial charge on any atom is 0.411 e. The van der Waals surface area contributed by atoms with Gasteiger partial charge in [0.15, 0.2) is 23.1 Å². The molecule has 0 unspecified atom stereocenters. The molecule has 3 heterocycles. The molecule has 0 bridgehead atoms. The van der Waals surface area contributed by atoms with Crippen molar-refractivity contribution >= 4 is 6.09 Å². The minimum Gasteiger partial charge on any atom is -0.493 e. The molecule has 4 aromatic rings. The lowest BCUT2D eigenvalue weighted by Crippen LogP contribution is -2.19. The van der Waals surface area contributed by atoms with Gasteiger partial charge in [0.2, 0.25) is 11.7 Å². The summed E-state index contributed by atoms with van der Waals surface area (Å²) in [6, 6.07) is 10.3. The second-order valence-corrected chi connectivity index (χ2v) is 5.97. The lowest BCUT2D eigenvalue weighted by atomic mass is 10.1. The minimum atomic E-state index is -1.02. The Morgan fingerprint density at radius 3 is 2.57 bits per heavy atom. The van der Waals surface area contributed by atoms with Gasteiger partial charge in [-0.05, 0) is 35.9 Å². The van der Waals surface area contributed by atoms with E-state index in [0.29, 0.717) is 34.2 Å². The highest BCUT2D eigenvalue weighted by Crippen LogP contribution is 2.39. The monoisotopic (exact) mass is 407 g/mol. The van der Waals surface area contributed by atoms with Gasteiger partial charge < -0.3 is 24.4 Å². The van der Waals surface area contributed by atoms with Gasteiger partial charge in [0.1, 0.15) is 0 Å². The third-order valence-corrected chi connectivity index (χ3v) is 4.19. The topological polar surface area (TPSA) is 128 Å². The summed E-state index contributed by atoms with van der Waals surface area (Å²) in [5.74, 6) is 1.89. The first kappa shape index (κ1) is 19.0. The molecule has 0 aliphatic heterocycles. The van der Waals surface area contributed by atoms with Gasteiger partial charge in [0, 0.05) is 12.4 Å². The van der Waals surface area contributed by atoms with E-state index in [0.717, 1.165) is 0 Å². The Hall–Kier alpha value is -4.34. The molecule has 0 spiro atoms. The van der Waals surface area contributed by atoms with Crippen LogP contribution in [-0.2, 0) is 0 Å². The zero-order chi connectivity index (χ0) is 21.1. The van der Waals surface area contributed by atoms with Crippen molar-refractivity contribution in [3.63, 3.8) is 0 Å². The Morgan fingerprint density at radius 1 is 1.10 bits per heavy atom. The molecular formula is C20H17N5O5. The van der Waals surface area contributed by atoms with E-state index in [2.05, 4.69) is 15.1 Å². The number of nitrogens with two attached hydrogens (primary N) is 1. The summed E-state index contributed by atoms with van der Waals surface area (Å²) in [6.45, 7) is 0. The number of hydrogen-bond donors (Lipinski definition) is 1. The fraction of sp³-hybridized carbons (Fsp3) is 0.100. The number of rotatable bonds is 6. The summed E-state index contributed by atoms with van der Waals surface area (Å²) in [5, 5.41) is 4.26. The van der Waals surface area contributed by atoms with Gasteiger partial charge in [-0.3, -0.25) is 0 Å². The molecule has 0 fully saturated rings. The Balaban J connectivity index is 2.01. The summed E-state index contributed by atoms with van der Waals surface area (Å²) in [4.78, 5) is 20.6. The Labute approximate surface area is 170 Å². The molecule has 0 atom stereocenters. The van der Waals surface area contributed by atoms with E-state index in [1.165, 1.54) is 25.2 Å². The van der Waals surface area contributed by atoms with Gasteiger partial charge in [-0.2, -0.15) is 10.1 Å². The molecule has 0 saturated carbocycles. The molecule has 10 heteroatoms. The molecule has 2 N–H and O–H groups in total. The highest BCUT2D eigenvalue weighted by molar-refractivity contribution is 5.81. The highest BCUT2D eigenvalue weighted by atomic mass is 16.6. The molecule has 0 saturated heterocycles. The molecule has 10 nitrogen and oxygen atoms in total. The van der Waals surface area contributed by atoms with E-state index in [1.807, 2.05) is 0 Å². The normalized spacial score (nSPS) is 10.6. The first-order valence-electron chi connectivity index (χ1n) is 8.76. The molecular weight excluding hydrogens is 390 g/mol. The van der Waals surface area contributed by atoms with Crippen LogP contribution in [0.25, 0.3) is 28.5 Å². The number of methoxy groups -OCH3 is 2. The fourth-order valence-corrected chi connectivity index (χ4v) is 2.92. The van der Waals surface area contributed by atoms with E-state index in [9.17, 15) is 4.79 Å². The standard InChI is InChI=1S/C20H17N5O5/c1-27-13-7-6-12(11-15(13)28-2)16-18(25-9-4-8-22-25)23-17(14-5-3-10-29-14)24-19(16)30-20(21)26/h3-11H,1-2H3,(H2,21,26). The predicted molar refractivity (Wildman–Crippen MR) is 106 cm³/mol. The summed E-state index contributed by atoms with van der Waals surface area (Å²) in [6.07, 6.45) is 3.77. The number of carbonyl (C=O) groups excluding carboxylic acids is 1. The second kappa shape index (κ2) is 7.95. The van der Waals surface area contributed by atoms with Gasteiger partial charge in [0.25, 0.3) is 0 Å². The SMILES string of the molecule is COc1ccc(-c2c(OC(N)=O)nc(-c3ccco3)nc2-n2cccn2)cc1OC. The van der Waals surface area contributed by atoms with E-state index in [4.69, 9.17) is 24.4 Å². The highest BCUT2D eigenvalue weighted by Gasteiger charge is 2.23. The zero-order valence-electron chi connectivity index (χ0n) is 16.1. The maximum absolute atomic E-state index is 11.6. The van der Waals surface area contributed by atoms with Gasteiger partial charge in [-0.1, -0.05) is 6.07 Å². The lowest BCUT2D eigenvalue weighted by Gasteiger charge is -2.15. The Kier molecular flexibility index (Phi) is 5.04. The molecule has 0 radical (unpaired) electrons. The van der Waals surface area contributed by atoms with Gasteiger partial charge >= 0.3 is 6.09 Å². The number of aromatic nitrogens is 4. The van der Waals surface area contributed by atoms with Crippen molar-refractivity contribution in [2.24, 2.45) is 5.73 Å². The van der Waals surface area contributed by atoms with Gasteiger partial charge in [-0.15, -0.1) is 0 Å². The van der Waals surface area contributed by atoms with Crippen LogP contribution in [0.4, 0.5) is 4.79 Å². The number of benzene rings is 1. The number of amides is 1. The molecule has 1 amide bonds. The molecule has 1 aromatic carbocycles. The predicted octanol–water partition coefficient (Wildman–Crippen LogP) is 3.06. The van der Waals surface area contributed by atoms with Crippen LogP contribution >= 0.6 is 0 Å². The van der Waals surface area contributed by atoms with Crippen LogP contribution in [0.1, 0.15) is 0 Å². The number of nitrogens with zero attached hydrogens (tertiary/aromatic N) is 4. The average molecular weight is 407 g/mol. The summed E-state index contributed by atoms with van der Waals surface area (Å²) >= 11 is 0. The van der Waals surface area contributed by atoms with Crippen molar-refractivity contribution in [1.29, 1.82) is 0 Å². The number of furan rings is 1. The zero-order valence-corrected chi connectivity index (χ0v) is 16.1. The van der Waals surface area contributed by atoms with Crippen LogP contribution in [0.2, 0.25) is 0 Å². The molecule has 0 aliphatic carbocycles. The molecule has 4 rings (SSSR count). The second-order valence-electron chi connectivity index (χ2n) is 5.97. The summed E-state index contributed by atoms with van der Waals surface area (Å²) < 4.78 is 22.9. The molecule has 30 heavy (non-hydrogen) atoms. The van der Waals surface area contributed by atoms with E-state index >= 15 is 0 Å². The minimum absolute atomic E-state index is 0.0541. The van der Waals surface area contributed by atoms with E-state index in [-0.39, 0.29) is 11.7 Å². The first-order valence-corrected chi connectivity index (χ1v) is 8.76. The van der Waals surface area contributed by atoms with Crippen LogP contribution in [0.5, 0.6) is 17.4 Å². The quantitative estimate of drug-likeness (QED) is 0.516. The number of ether oxygens (including phenoxy) is 3. The van der Waals surface area contributed by atoms with Crippen LogP contribution in [-0.4, -0.2) is 40.1 Å². The Morgan fingerprint density at radius 2 is 1.93 bits per heavy atom.